The molecule has 0 aromatic carbocycles. The van der Waals surface area contributed by atoms with Crippen LogP contribution in [0.4, 0.5) is 0 Å². The first-order valence-corrected chi connectivity index (χ1v) is 5.24. The predicted octanol–water partition coefficient (Wildman–Crippen LogP) is 0.964. The largest absolute Gasteiger partial charge is 0.329 e. The summed E-state index contributed by atoms with van der Waals surface area (Å²) in [6.07, 6.45) is 7.12. The third-order valence-corrected chi connectivity index (χ3v) is 4.31. The molecule has 3 rings (SSSR count). The molecule has 3 fully saturated rings. The maximum atomic E-state index is 5.92. The second-order valence-corrected chi connectivity index (χ2v) is 5.13. The SMILES string of the molecule is NC[C@]12CCCN1CC1(CC1)C2. The molecule has 0 aromatic heterocycles. The van der Waals surface area contributed by atoms with Crippen molar-refractivity contribution in [2.45, 2.75) is 37.6 Å². The zero-order valence-electron chi connectivity index (χ0n) is 7.68. The summed E-state index contributed by atoms with van der Waals surface area (Å²) in [5.41, 5.74) is 7.12. The minimum atomic E-state index is 0.455. The lowest BCUT2D eigenvalue weighted by atomic mass is 9.89. The van der Waals surface area contributed by atoms with Crippen molar-refractivity contribution in [1.82, 2.24) is 4.90 Å². The van der Waals surface area contributed by atoms with Gasteiger partial charge in [0.2, 0.25) is 0 Å². The van der Waals surface area contributed by atoms with Gasteiger partial charge in [0, 0.05) is 18.6 Å². The van der Waals surface area contributed by atoms with Crippen LogP contribution in [0.15, 0.2) is 0 Å². The number of fused-ring (bicyclic) bond motifs is 1. The fourth-order valence-corrected chi connectivity index (χ4v) is 3.42. The molecule has 2 heterocycles. The third-order valence-electron chi connectivity index (χ3n) is 4.31. The van der Waals surface area contributed by atoms with Crippen LogP contribution in [-0.4, -0.2) is 30.1 Å². The highest BCUT2D eigenvalue weighted by Crippen LogP contribution is 2.60. The lowest BCUT2D eigenvalue weighted by Gasteiger charge is -2.30. The molecule has 12 heavy (non-hydrogen) atoms. The first-order chi connectivity index (χ1) is 5.79. The van der Waals surface area contributed by atoms with E-state index in [2.05, 4.69) is 4.90 Å². The van der Waals surface area contributed by atoms with Gasteiger partial charge in [-0.15, -0.1) is 0 Å². The topological polar surface area (TPSA) is 29.3 Å². The Hall–Kier alpha value is -0.0800. The average Bonchev–Trinajstić information content (AvgIpc) is 2.53. The maximum absolute atomic E-state index is 5.92. The van der Waals surface area contributed by atoms with E-state index < -0.39 is 0 Å². The van der Waals surface area contributed by atoms with E-state index in [9.17, 15) is 0 Å². The van der Waals surface area contributed by atoms with E-state index in [0.29, 0.717) is 5.54 Å². The van der Waals surface area contributed by atoms with E-state index in [0.717, 1.165) is 12.0 Å². The fraction of sp³-hybridized carbons (Fsp3) is 1.00. The van der Waals surface area contributed by atoms with Gasteiger partial charge < -0.3 is 5.73 Å². The van der Waals surface area contributed by atoms with Crippen LogP contribution in [0, 0.1) is 5.41 Å². The highest BCUT2D eigenvalue weighted by atomic mass is 15.3. The Morgan fingerprint density at radius 1 is 1.25 bits per heavy atom. The molecule has 0 aromatic rings. The van der Waals surface area contributed by atoms with Crippen LogP contribution < -0.4 is 5.73 Å². The van der Waals surface area contributed by atoms with E-state index >= 15 is 0 Å². The Kier molecular flexibility index (Phi) is 1.25. The van der Waals surface area contributed by atoms with Crippen LogP contribution in [-0.2, 0) is 0 Å². The van der Waals surface area contributed by atoms with Crippen LogP contribution in [0.25, 0.3) is 0 Å². The number of nitrogens with two attached hydrogens (primary N) is 1. The van der Waals surface area contributed by atoms with Gasteiger partial charge >= 0.3 is 0 Å². The smallest absolute Gasteiger partial charge is 0.0338 e. The molecule has 0 amide bonds. The summed E-state index contributed by atoms with van der Waals surface area (Å²) in [6.45, 7) is 3.58. The Morgan fingerprint density at radius 3 is 2.67 bits per heavy atom. The standard InChI is InChI=1S/C10H18N2/c11-7-10-2-1-5-12(10)8-9(6-10)3-4-9/h1-8,11H2/t10-/m1/s1. The summed E-state index contributed by atoms with van der Waals surface area (Å²) in [7, 11) is 0. The number of rotatable bonds is 1. The summed E-state index contributed by atoms with van der Waals surface area (Å²) in [5, 5.41) is 0. The molecule has 2 aliphatic heterocycles. The van der Waals surface area contributed by atoms with Crippen molar-refractivity contribution in [2.75, 3.05) is 19.6 Å². The van der Waals surface area contributed by atoms with Crippen LogP contribution in [0.2, 0.25) is 0 Å². The molecule has 0 bridgehead atoms. The minimum Gasteiger partial charge on any atom is -0.329 e. The molecule has 1 spiro atoms. The molecule has 0 unspecified atom stereocenters. The van der Waals surface area contributed by atoms with Crippen molar-refractivity contribution >= 4 is 0 Å². The van der Waals surface area contributed by atoms with Crippen molar-refractivity contribution in [3.63, 3.8) is 0 Å². The second-order valence-electron chi connectivity index (χ2n) is 5.13. The number of hydrogen-bond donors (Lipinski definition) is 1. The zero-order chi connectivity index (χ0) is 8.23. The van der Waals surface area contributed by atoms with Crippen LogP contribution in [0.1, 0.15) is 32.1 Å². The Balaban J connectivity index is 1.88. The van der Waals surface area contributed by atoms with E-state index in [1.165, 1.54) is 45.2 Å². The van der Waals surface area contributed by atoms with Gasteiger partial charge in [-0.1, -0.05) is 0 Å². The van der Waals surface area contributed by atoms with Crippen LogP contribution in [0.3, 0.4) is 0 Å². The lowest BCUT2D eigenvalue weighted by molar-refractivity contribution is 0.204. The summed E-state index contributed by atoms with van der Waals surface area (Å²) < 4.78 is 0. The first-order valence-electron chi connectivity index (χ1n) is 5.24. The lowest BCUT2D eigenvalue weighted by Crippen LogP contribution is -2.44. The molecule has 1 aliphatic carbocycles. The van der Waals surface area contributed by atoms with Gasteiger partial charge in [0.05, 0.1) is 0 Å². The molecular weight excluding hydrogens is 148 g/mol. The molecule has 0 radical (unpaired) electrons. The van der Waals surface area contributed by atoms with Gasteiger partial charge in [-0.25, -0.2) is 0 Å². The molecule has 1 saturated carbocycles. The highest BCUT2D eigenvalue weighted by Gasteiger charge is 2.59. The van der Waals surface area contributed by atoms with Gasteiger partial charge in [0.15, 0.2) is 0 Å². The predicted molar refractivity (Wildman–Crippen MR) is 48.9 cm³/mol. The normalized spacial score (nSPS) is 43.8. The molecule has 68 valence electrons. The molecular formula is C10H18N2. The van der Waals surface area contributed by atoms with E-state index in [-0.39, 0.29) is 0 Å². The minimum absolute atomic E-state index is 0.455. The molecule has 2 nitrogen and oxygen atoms in total. The Bertz CT molecular complexity index is 210. The third kappa shape index (κ3) is 0.775. The maximum Gasteiger partial charge on any atom is 0.0338 e. The average molecular weight is 166 g/mol. The molecule has 2 saturated heterocycles. The summed E-state index contributed by atoms with van der Waals surface area (Å²) in [5.74, 6) is 0. The van der Waals surface area contributed by atoms with Crippen molar-refractivity contribution in [2.24, 2.45) is 11.1 Å². The van der Waals surface area contributed by atoms with Crippen molar-refractivity contribution in [3.05, 3.63) is 0 Å². The molecule has 2 N–H and O–H groups in total. The van der Waals surface area contributed by atoms with Crippen molar-refractivity contribution < 1.29 is 0 Å². The van der Waals surface area contributed by atoms with Gasteiger partial charge in [0.1, 0.15) is 0 Å². The molecule has 1 atom stereocenters. The number of nitrogens with zero attached hydrogens (tertiary/aromatic N) is 1. The van der Waals surface area contributed by atoms with Crippen LogP contribution >= 0.6 is 0 Å². The zero-order valence-corrected chi connectivity index (χ0v) is 7.68. The second kappa shape index (κ2) is 2.05. The summed E-state index contributed by atoms with van der Waals surface area (Å²) >= 11 is 0. The van der Waals surface area contributed by atoms with Gasteiger partial charge in [-0.2, -0.15) is 0 Å². The van der Waals surface area contributed by atoms with Crippen molar-refractivity contribution in [3.8, 4) is 0 Å². The fourth-order valence-electron chi connectivity index (χ4n) is 3.42. The van der Waals surface area contributed by atoms with Gasteiger partial charge in [-0.3, -0.25) is 4.90 Å². The summed E-state index contributed by atoms with van der Waals surface area (Å²) in [6, 6.07) is 0. The van der Waals surface area contributed by atoms with Crippen molar-refractivity contribution in [1.29, 1.82) is 0 Å². The molecule has 3 aliphatic rings. The summed E-state index contributed by atoms with van der Waals surface area (Å²) in [4.78, 5) is 2.68. The van der Waals surface area contributed by atoms with Gasteiger partial charge in [0.25, 0.3) is 0 Å². The van der Waals surface area contributed by atoms with Gasteiger partial charge in [-0.05, 0) is 44.1 Å². The van der Waals surface area contributed by atoms with E-state index in [1.807, 2.05) is 0 Å². The first kappa shape index (κ1) is 7.34. The highest BCUT2D eigenvalue weighted by molar-refractivity contribution is 5.14. The number of hydrogen-bond acceptors (Lipinski definition) is 2. The van der Waals surface area contributed by atoms with Crippen LogP contribution in [0.5, 0.6) is 0 Å². The van der Waals surface area contributed by atoms with E-state index in [4.69, 9.17) is 5.73 Å². The van der Waals surface area contributed by atoms with E-state index in [1.54, 1.807) is 0 Å². The molecule has 2 heteroatoms. The quantitative estimate of drug-likeness (QED) is 0.629. The Labute approximate surface area is 74.1 Å². The Morgan fingerprint density at radius 2 is 2.08 bits per heavy atom. The monoisotopic (exact) mass is 166 g/mol.